The summed E-state index contributed by atoms with van der Waals surface area (Å²) in [6, 6.07) is 7.66. The molecule has 5 heteroatoms. The van der Waals surface area contributed by atoms with Crippen LogP contribution >= 0.6 is 22.9 Å². The lowest BCUT2D eigenvalue weighted by Crippen LogP contribution is -2.44. The molecule has 3 rings (SSSR count). The molecule has 19 heavy (non-hydrogen) atoms. The highest BCUT2D eigenvalue weighted by Crippen LogP contribution is 2.33. The molecule has 2 heterocycles. The van der Waals surface area contributed by atoms with Crippen LogP contribution in [0.25, 0.3) is 10.1 Å². The van der Waals surface area contributed by atoms with Gasteiger partial charge in [0.2, 0.25) is 5.43 Å². The van der Waals surface area contributed by atoms with Crippen LogP contribution in [-0.4, -0.2) is 38.1 Å². The monoisotopic (exact) mass is 294 g/mol. The molecule has 100 valence electrons. The smallest absolute Gasteiger partial charge is 0.208 e. The standard InChI is InChI=1S/C14H15ClN2OS/c1-16-6-8-17(9-7-16)14-12(15)13(18)10-4-2-3-5-11(10)19-14/h2-5H,6-9H2,1H3. The van der Waals surface area contributed by atoms with Gasteiger partial charge in [-0.15, -0.1) is 11.3 Å². The van der Waals surface area contributed by atoms with Crippen LogP contribution in [0.1, 0.15) is 0 Å². The maximum Gasteiger partial charge on any atom is 0.208 e. The fourth-order valence-electron chi connectivity index (χ4n) is 2.32. The first-order chi connectivity index (χ1) is 9.16. The fourth-order valence-corrected chi connectivity index (χ4v) is 3.78. The number of likely N-dealkylation sites (N-methyl/N-ethyl adjacent to an activating group) is 1. The van der Waals surface area contributed by atoms with E-state index in [0.29, 0.717) is 5.02 Å². The van der Waals surface area contributed by atoms with Crippen LogP contribution in [0.15, 0.2) is 29.1 Å². The summed E-state index contributed by atoms with van der Waals surface area (Å²) in [6.45, 7) is 3.85. The van der Waals surface area contributed by atoms with E-state index in [1.807, 2.05) is 24.3 Å². The van der Waals surface area contributed by atoms with Crippen molar-refractivity contribution in [3.63, 3.8) is 0 Å². The second-order valence-electron chi connectivity index (χ2n) is 4.84. The zero-order valence-electron chi connectivity index (χ0n) is 10.7. The molecule has 1 aliphatic rings. The number of hydrogen-bond acceptors (Lipinski definition) is 4. The van der Waals surface area contributed by atoms with E-state index >= 15 is 0 Å². The SMILES string of the molecule is CN1CCN(c2sc3ccccc3c(=O)c2Cl)CC1. The highest BCUT2D eigenvalue weighted by Gasteiger charge is 2.20. The molecule has 3 nitrogen and oxygen atoms in total. The molecule has 0 N–H and O–H groups in total. The number of rotatable bonds is 1. The molecule has 0 unspecified atom stereocenters. The number of piperazine rings is 1. The Morgan fingerprint density at radius 2 is 1.84 bits per heavy atom. The number of anilines is 1. The lowest BCUT2D eigenvalue weighted by Gasteiger charge is -2.33. The maximum atomic E-state index is 12.3. The van der Waals surface area contributed by atoms with Crippen molar-refractivity contribution in [2.45, 2.75) is 0 Å². The summed E-state index contributed by atoms with van der Waals surface area (Å²) < 4.78 is 1.01. The van der Waals surface area contributed by atoms with E-state index in [2.05, 4.69) is 16.8 Å². The predicted octanol–water partition coefficient (Wildman–Crippen LogP) is 2.67. The number of fused-ring (bicyclic) bond motifs is 1. The molecule has 1 aromatic heterocycles. The molecular weight excluding hydrogens is 280 g/mol. The summed E-state index contributed by atoms with van der Waals surface area (Å²) in [7, 11) is 2.11. The fraction of sp³-hybridized carbons (Fsp3) is 0.357. The Balaban J connectivity index is 2.09. The van der Waals surface area contributed by atoms with Gasteiger partial charge in [0.25, 0.3) is 0 Å². The third-order valence-corrected chi connectivity index (χ3v) is 5.21. The lowest BCUT2D eigenvalue weighted by atomic mass is 10.2. The Labute approximate surface area is 121 Å². The zero-order valence-corrected chi connectivity index (χ0v) is 12.3. The molecule has 1 fully saturated rings. The van der Waals surface area contributed by atoms with Crippen molar-refractivity contribution in [1.29, 1.82) is 0 Å². The van der Waals surface area contributed by atoms with Crippen molar-refractivity contribution >= 4 is 38.0 Å². The Morgan fingerprint density at radius 1 is 1.16 bits per heavy atom. The molecule has 0 spiro atoms. The highest BCUT2D eigenvalue weighted by molar-refractivity contribution is 7.22. The van der Waals surface area contributed by atoms with E-state index in [0.717, 1.165) is 41.3 Å². The second kappa shape index (κ2) is 5.12. The van der Waals surface area contributed by atoms with Crippen molar-refractivity contribution in [2.75, 3.05) is 38.1 Å². The number of halogens is 1. The summed E-state index contributed by atoms with van der Waals surface area (Å²) in [5.41, 5.74) is -0.0510. The van der Waals surface area contributed by atoms with E-state index < -0.39 is 0 Å². The first-order valence-corrected chi connectivity index (χ1v) is 7.51. The maximum absolute atomic E-state index is 12.3. The van der Waals surface area contributed by atoms with Gasteiger partial charge in [0.15, 0.2) is 0 Å². The van der Waals surface area contributed by atoms with E-state index in [1.165, 1.54) is 0 Å². The molecule has 0 bridgehead atoms. The Morgan fingerprint density at radius 3 is 2.58 bits per heavy atom. The average Bonchev–Trinajstić information content (AvgIpc) is 2.44. The summed E-state index contributed by atoms with van der Waals surface area (Å²) >= 11 is 7.90. The van der Waals surface area contributed by atoms with Crippen molar-refractivity contribution in [3.05, 3.63) is 39.5 Å². The predicted molar refractivity (Wildman–Crippen MR) is 82.8 cm³/mol. The van der Waals surface area contributed by atoms with Gasteiger partial charge in [-0.25, -0.2) is 0 Å². The van der Waals surface area contributed by atoms with Crippen LogP contribution in [0.2, 0.25) is 5.02 Å². The Bertz CT molecular complexity index is 662. The van der Waals surface area contributed by atoms with Gasteiger partial charge in [-0.05, 0) is 19.2 Å². The Kier molecular flexibility index (Phi) is 3.48. The summed E-state index contributed by atoms with van der Waals surface area (Å²) in [4.78, 5) is 16.8. The first kappa shape index (κ1) is 12.9. The van der Waals surface area contributed by atoms with Gasteiger partial charge in [0.1, 0.15) is 10.0 Å². The second-order valence-corrected chi connectivity index (χ2v) is 6.25. The third-order valence-electron chi connectivity index (χ3n) is 3.52. The third kappa shape index (κ3) is 2.36. The van der Waals surface area contributed by atoms with E-state index in [9.17, 15) is 4.79 Å². The molecule has 2 aromatic rings. The number of nitrogens with zero attached hydrogens (tertiary/aromatic N) is 2. The van der Waals surface area contributed by atoms with Gasteiger partial charge >= 0.3 is 0 Å². The summed E-state index contributed by atoms with van der Waals surface area (Å²) in [5, 5.41) is 2.00. The minimum absolute atomic E-state index is 0.0510. The van der Waals surface area contributed by atoms with E-state index in [4.69, 9.17) is 11.6 Å². The summed E-state index contributed by atoms with van der Waals surface area (Å²) in [6.07, 6.45) is 0. The molecule has 1 aromatic carbocycles. The van der Waals surface area contributed by atoms with Gasteiger partial charge < -0.3 is 9.80 Å². The first-order valence-electron chi connectivity index (χ1n) is 6.31. The Hall–Kier alpha value is -1.10. The van der Waals surface area contributed by atoms with Crippen molar-refractivity contribution in [3.8, 4) is 0 Å². The van der Waals surface area contributed by atoms with Crippen LogP contribution in [0.5, 0.6) is 0 Å². The van der Waals surface area contributed by atoms with Gasteiger partial charge in [-0.1, -0.05) is 23.7 Å². The summed E-state index contributed by atoms with van der Waals surface area (Å²) in [5.74, 6) is 0. The molecule has 0 amide bonds. The largest absolute Gasteiger partial charge is 0.360 e. The molecule has 0 radical (unpaired) electrons. The molecule has 0 aliphatic carbocycles. The van der Waals surface area contributed by atoms with Gasteiger partial charge in [-0.2, -0.15) is 0 Å². The number of benzene rings is 1. The molecular formula is C14H15ClN2OS. The highest BCUT2D eigenvalue weighted by atomic mass is 35.5. The van der Waals surface area contributed by atoms with Crippen LogP contribution < -0.4 is 10.3 Å². The lowest BCUT2D eigenvalue weighted by molar-refractivity contribution is 0.313. The van der Waals surface area contributed by atoms with Gasteiger partial charge in [-0.3, -0.25) is 4.79 Å². The average molecular weight is 295 g/mol. The molecule has 1 saturated heterocycles. The van der Waals surface area contributed by atoms with Crippen molar-refractivity contribution in [2.24, 2.45) is 0 Å². The van der Waals surface area contributed by atoms with Crippen molar-refractivity contribution < 1.29 is 0 Å². The number of hydrogen-bond donors (Lipinski definition) is 0. The normalized spacial score (nSPS) is 17.1. The van der Waals surface area contributed by atoms with Crippen LogP contribution in [-0.2, 0) is 0 Å². The minimum Gasteiger partial charge on any atom is -0.360 e. The van der Waals surface area contributed by atoms with Crippen LogP contribution in [0, 0.1) is 0 Å². The van der Waals surface area contributed by atoms with Crippen LogP contribution in [0.4, 0.5) is 5.00 Å². The van der Waals surface area contributed by atoms with Gasteiger partial charge in [0, 0.05) is 36.3 Å². The minimum atomic E-state index is -0.0510. The van der Waals surface area contributed by atoms with E-state index in [1.54, 1.807) is 11.3 Å². The molecule has 0 atom stereocenters. The molecule has 0 saturated carbocycles. The quantitative estimate of drug-likeness (QED) is 0.808. The molecule has 1 aliphatic heterocycles. The topological polar surface area (TPSA) is 23.6 Å². The van der Waals surface area contributed by atoms with Crippen LogP contribution in [0.3, 0.4) is 0 Å². The van der Waals surface area contributed by atoms with Crippen molar-refractivity contribution in [1.82, 2.24) is 4.90 Å². The zero-order chi connectivity index (χ0) is 13.4. The van der Waals surface area contributed by atoms with E-state index in [-0.39, 0.29) is 5.43 Å². The van der Waals surface area contributed by atoms with Gasteiger partial charge in [0.05, 0.1) is 0 Å².